The molecule has 29 heavy (non-hydrogen) atoms. The summed E-state index contributed by atoms with van der Waals surface area (Å²) in [6.07, 6.45) is 6.86. The molecule has 0 radical (unpaired) electrons. The fraction of sp³-hybridized carbons (Fsp3) is 0.778. The maximum Gasteiger partial charge on any atom is 0.153 e. The zero-order chi connectivity index (χ0) is 18.5. The summed E-state index contributed by atoms with van der Waals surface area (Å²) < 4.78 is 0. The molecule has 0 spiro atoms. The van der Waals surface area contributed by atoms with Crippen LogP contribution in [0.4, 0.5) is 5.82 Å². The number of nitrogens with zero attached hydrogens (tertiary/aromatic N) is 4. The lowest BCUT2D eigenvalue weighted by Crippen LogP contribution is -2.47. The van der Waals surface area contributed by atoms with E-state index < -0.39 is 0 Å². The van der Waals surface area contributed by atoms with Crippen LogP contribution in [0.2, 0.25) is 10.2 Å². The minimum absolute atomic E-state index is 0. The standard InChI is InChI=1S/C18H30Cl2N6.3ClH/c19-16-17(20)23-15(5-7-21)24-18(16)26-11-9-25(10-12-26)8-6-13-1-3-14(22)4-2-13;;;/h13-14H,1-12,21-22H2;3*1H/t13-,14-;;;. The Morgan fingerprint density at radius 2 is 1.55 bits per heavy atom. The third kappa shape index (κ3) is 8.34. The minimum atomic E-state index is 0. The maximum absolute atomic E-state index is 6.36. The zero-order valence-electron chi connectivity index (χ0n) is 16.6. The first-order valence-corrected chi connectivity index (χ1v) is 10.5. The molecule has 0 unspecified atom stereocenters. The summed E-state index contributed by atoms with van der Waals surface area (Å²) in [4.78, 5) is 13.6. The van der Waals surface area contributed by atoms with E-state index >= 15 is 0 Å². The van der Waals surface area contributed by atoms with Crippen LogP contribution in [0, 0.1) is 5.92 Å². The summed E-state index contributed by atoms with van der Waals surface area (Å²) in [6, 6.07) is 0.434. The van der Waals surface area contributed by atoms with Gasteiger partial charge in [-0.05, 0) is 51.1 Å². The Morgan fingerprint density at radius 1 is 0.931 bits per heavy atom. The number of hydrogen-bond donors (Lipinski definition) is 2. The Hall–Kier alpha value is 0.210. The van der Waals surface area contributed by atoms with Gasteiger partial charge in [-0.1, -0.05) is 23.2 Å². The van der Waals surface area contributed by atoms with Gasteiger partial charge in [0.1, 0.15) is 10.8 Å². The average molecular weight is 511 g/mol. The van der Waals surface area contributed by atoms with Gasteiger partial charge in [-0.3, -0.25) is 4.90 Å². The monoisotopic (exact) mass is 508 g/mol. The molecule has 4 N–H and O–H groups in total. The van der Waals surface area contributed by atoms with E-state index in [0.29, 0.717) is 35.0 Å². The molecular formula is C18H33Cl5N6. The van der Waals surface area contributed by atoms with Crippen LogP contribution >= 0.6 is 60.4 Å². The first-order chi connectivity index (χ1) is 12.6. The topological polar surface area (TPSA) is 84.3 Å². The average Bonchev–Trinajstić information content (AvgIpc) is 2.65. The fourth-order valence-electron chi connectivity index (χ4n) is 3.93. The molecule has 170 valence electrons. The fourth-order valence-corrected chi connectivity index (χ4v) is 4.31. The van der Waals surface area contributed by atoms with Crippen LogP contribution < -0.4 is 16.4 Å². The molecule has 3 rings (SSSR count). The Balaban J connectivity index is 0.00000261. The lowest BCUT2D eigenvalue weighted by atomic mass is 9.84. The van der Waals surface area contributed by atoms with Crippen LogP contribution in [0.5, 0.6) is 0 Å². The van der Waals surface area contributed by atoms with Crippen LogP contribution in [-0.2, 0) is 6.42 Å². The van der Waals surface area contributed by atoms with Crippen molar-refractivity contribution in [3.8, 4) is 0 Å². The first-order valence-electron chi connectivity index (χ1n) is 9.71. The third-order valence-electron chi connectivity index (χ3n) is 5.62. The Morgan fingerprint density at radius 3 is 2.14 bits per heavy atom. The van der Waals surface area contributed by atoms with Gasteiger partial charge in [0.15, 0.2) is 11.0 Å². The van der Waals surface area contributed by atoms with Crippen LogP contribution in [0.3, 0.4) is 0 Å². The van der Waals surface area contributed by atoms with Crippen molar-refractivity contribution in [2.75, 3.05) is 44.2 Å². The van der Waals surface area contributed by atoms with Gasteiger partial charge in [0.25, 0.3) is 0 Å². The van der Waals surface area contributed by atoms with Gasteiger partial charge in [0.2, 0.25) is 0 Å². The van der Waals surface area contributed by atoms with E-state index in [0.717, 1.165) is 37.9 Å². The maximum atomic E-state index is 6.36. The molecule has 0 aromatic carbocycles. The number of hydrogen-bond acceptors (Lipinski definition) is 6. The van der Waals surface area contributed by atoms with E-state index in [1.165, 1.54) is 38.6 Å². The quantitative estimate of drug-likeness (QED) is 0.569. The third-order valence-corrected chi connectivity index (χ3v) is 6.34. The second-order valence-corrected chi connectivity index (χ2v) is 8.24. The lowest BCUT2D eigenvalue weighted by Gasteiger charge is -2.37. The second-order valence-electron chi connectivity index (χ2n) is 7.51. The Bertz CT molecular complexity index is 592. The molecular weight excluding hydrogens is 478 g/mol. The summed E-state index contributed by atoms with van der Waals surface area (Å²) in [5, 5.41) is 0.762. The van der Waals surface area contributed by atoms with E-state index in [1.807, 2.05) is 0 Å². The highest BCUT2D eigenvalue weighted by atomic mass is 35.5. The summed E-state index contributed by atoms with van der Waals surface area (Å²) in [5.41, 5.74) is 11.6. The van der Waals surface area contributed by atoms with E-state index in [2.05, 4.69) is 19.8 Å². The molecule has 2 aliphatic rings. The summed E-state index contributed by atoms with van der Waals surface area (Å²) >= 11 is 12.5. The highest BCUT2D eigenvalue weighted by molar-refractivity contribution is 6.42. The SMILES string of the molecule is Cl.Cl.Cl.NCCc1nc(Cl)c(Cl)c(N2CCN(CC[C@H]3CC[C@H](N)CC3)CC2)n1. The molecule has 1 aromatic heterocycles. The van der Waals surface area contributed by atoms with E-state index in [9.17, 15) is 0 Å². The van der Waals surface area contributed by atoms with Crippen LogP contribution in [0.25, 0.3) is 0 Å². The second kappa shape index (κ2) is 14.3. The van der Waals surface area contributed by atoms with Gasteiger partial charge in [0.05, 0.1) is 0 Å². The highest BCUT2D eigenvalue weighted by Crippen LogP contribution is 2.31. The van der Waals surface area contributed by atoms with Gasteiger partial charge in [0, 0.05) is 38.6 Å². The molecule has 0 amide bonds. The molecule has 0 atom stereocenters. The molecule has 1 aliphatic heterocycles. The van der Waals surface area contributed by atoms with Crippen molar-refractivity contribution in [3.05, 3.63) is 16.0 Å². The molecule has 1 saturated heterocycles. The van der Waals surface area contributed by atoms with Gasteiger partial charge in [-0.15, -0.1) is 37.2 Å². The molecule has 2 heterocycles. The number of aromatic nitrogens is 2. The normalized spacial score (nSPS) is 22.3. The van der Waals surface area contributed by atoms with Crippen molar-refractivity contribution in [2.24, 2.45) is 17.4 Å². The lowest BCUT2D eigenvalue weighted by molar-refractivity contribution is 0.216. The van der Waals surface area contributed by atoms with Crippen LogP contribution in [-0.4, -0.2) is 60.2 Å². The summed E-state index contributed by atoms with van der Waals surface area (Å²) in [6.45, 7) is 5.53. The number of anilines is 1. The smallest absolute Gasteiger partial charge is 0.153 e. The van der Waals surface area contributed by atoms with Crippen molar-refractivity contribution >= 4 is 66.2 Å². The molecule has 1 aliphatic carbocycles. The first kappa shape index (κ1) is 29.2. The van der Waals surface area contributed by atoms with Crippen molar-refractivity contribution < 1.29 is 0 Å². The van der Waals surface area contributed by atoms with Crippen molar-refractivity contribution in [1.82, 2.24) is 14.9 Å². The van der Waals surface area contributed by atoms with E-state index in [4.69, 9.17) is 34.7 Å². The van der Waals surface area contributed by atoms with Crippen LogP contribution in [0.15, 0.2) is 0 Å². The molecule has 1 saturated carbocycles. The zero-order valence-corrected chi connectivity index (χ0v) is 20.5. The molecule has 6 nitrogen and oxygen atoms in total. The van der Waals surface area contributed by atoms with E-state index in [-0.39, 0.29) is 37.2 Å². The Kier molecular flexibility index (Phi) is 14.4. The van der Waals surface area contributed by atoms with Gasteiger partial charge >= 0.3 is 0 Å². The minimum Gasteiger partial charge on any atom is -0.353 e. The number of halogens is 5. The van der Waals surface area contributed by atoms with E-state index in [1.54, 1.807) is 0 Å². The predicted molar refractivity (Wildman–Crippen MR) is 130 cm³/mol. The summed E-state index contributed by atoms with van der Waals surface area (Å²) in [7, 11) is 0. The van der Waals surface area contributed by atoms with Gasteiger partial charge in [-0.25, -0.2) is 9.97 Å². The molecule has 1 aromatic rings. The van der Waals surface area contributed by atoms with Crippen molar-refractivity contribution in [2.45, 2.75) is 44.6 Å². The van der Waals surface area contributed by atoms with Gasteiger partial charge in [-0.2, -0.15) is 0 Å². The molecule has 0 bridgehead atoms. The van der Waals surface area contributed by atoms with Crippen LogP contribution in [0.1, 0.15) is 37.9 Å². The predicted octanol–water partition coefficient (Wildman–Crippen LogP) is 3.58. The number of piperazine rings is 1. The summed E-state index contributed by atoms with van der Waals surface area (Å²) in [5.74, 6) is 2.26. The largest absolute Gasteiger partial charge is 0.353 e. The van der Waals surface area contributed by atoms with Crippen molar-refractivity contribution in [1.29, 1.82) is 0 Å². The Labute approximate surface area is 202 Å². The molecule has 2 fully saturated rings. The number of nitrogens with two attached hydrogens (primary N) is 2. The van der Waals surface area contributed by atoms with Gasteiger partial charge < -0.3 is 16.4 Å². The molecule has 11 heteroatoms. The highest BCUT2D eigenvalue weighted by Gasteiger charge is 2.24. The number of rotatable bonds is 6. The van der Waals surface area contributed by atoms with Crippen molar-refractivity contribution in [3.63, 3.8) is 0 Å².